The molecular formula is C10H11NO3S. The molecule has 0 aliphatic carbocycles. The highest BCUT2D eigenvalue weighted by Gasteiger charge is 2.31. The fourth-order valence-electron chi connectivity index (χ4n) is 1.68. The lowest BCUT2D eigenvalue weighted by Gasteiger charge is -2.03. The quantitative estimate of drug-likeness (QED) is 0.782. The molecule has 1 aromatic rings. The molecule has 2 rings (SSSR count). The molecule has 15 heavy (non-hydrogen) atoms. The number of hydrogen-bond donors (Lipinski definition) is 2. The van der Waals surface area contributed by atoms with Crippen LogP contribution in [0.25, 0.3) is 6.08 Å². The van der Waals surface area contributed by atoms with Gasteiger partial charge in [-0.2, -0.15) is 0 Å². The van der Waals surface area contributed by atoms with E-state index < -0.39 is 9.84 Å². The number of benzene rings is 1. The molecule has 80 valence electrons. The Morgan fingerprint density at radius 2 is 2.07 bits per heavy atom. The molecule has 0 saturated heterocycles. The van der Waals surface area contributed by atoms with Crippen LogP contribution in [0.4, 0.5) is 0 Å². The molecule has 0 fully saturated rings. The largest absolute Gasteiger partial charge is 0.507 e. The monoisotopic (exact) mass is 225 g/mol. The maximum absolute atomic E-state index is 11.9. The standard InChI is InChI=1S/C10H11NO3S/c11-5-4-8-6-7-2-1-3-9(12)10(7)15(8,13)14/h1-3,6,12H,4-5,11H2. The fraction of sp³-hybridized carbons (Fsp3) is 0.200. The number of phenols is 1. The molecule has 3 N–H and O–H groups in total. The van der Waals surface area contributed by atoms with Crippen LogP contribution in [0.3, 0.4) is 0 Å². The summed E-state index contributed by atoms with van der Waals surface area (Å²) < 4.78 is 23.8. The molecule has 4 nitrogen and oxygen atoms in total. The highest BCUT2D eigenvalue weighted by molar-refractivity contribution is 7.96. The van der Waals surface area contributed by atoms with Gasteiger partial charge in [0.2, 0.25) is 9.84 Å². The van der Waals surface area contributed by atoms with E-state index in [1.165, 1.54) is 6.07 Å². The van der Waals surface area contributed by atoms with E-state index in [0.29, 0.717) is 12.0 Å². The zero-order valence-electron chi connectivity index (χ0n) is 7.97. The highest BCUT2D eigenvalue weighted by Crippen LogP contribution is 2.39. The fourth-order valence-corrected chi connectivity index (χ4v) is 3.39. The van der Waals surface area contributed by atoms with Gasteiger partial charge in [0.1, 0.15) is 10.6 Å². The molecule has 1 aliphatic rings. The molecule has 0 radical (unpaired) electrons. The van der Waals surface area contributed by atoms with Crippen LogP contribution >= 0.6 is 0 Å². The molecule has 1 aliphatic heterocycles. The average molecular weight is 225 g/mol. The number of sulfone groups is 1. The van der Waals surface area contributed by atoms with Gasteiger partial charge in [-0.3, -0.25) is 0 Å². The average Bonchev–Trinajstić information content (AvgIpc) is 2.40. The third-order valence-electron chi connectivity index (χ3n) is 2.35. The Morgan fingerprint density at radius 3 is 2.67 bits per heavy atom. The maximum Gasteiger partial charge on any atom is 0.207 e. The van der Waals surface area contributed by atoms with Gasteiger partial charge in [0, 0.05) is 0 Å². The summed E-state index contributed by atoms with van der Waals surface area (Å²) in [5.74, 6) is -0.198. The predicted molar refractivity (Wildman–Crippen MR) is 56.9 cm³/mol. The Balaban J connectivity index is 2.64. The van der Waals surface area contributed by atoms with Crippen molar-refractivity contribution >= 4 is 15.9 Å². The lowest BCUT2D eigenvalue weighted by atomic mass is 10.2. The normalized spacial score (nSPS) is 17.3. The van der Waals surface area contributed by atoms with Gasteiger partial charge in [0.15, 0.2) is 0 Å². The minimum Gasteiger partial charge on any atom is -0.507 e. The third kappa shape index (κ3) is 1.44. The highest BCUT2D eigenvalue weighted by atomic mass is 32.2. The maximum atomic E-state index is 11.9. The first-order valence-electron chi connectivity index (χ1n) is 4.55. The van der Waals surface area contributed by atoms with Crippen molar-refractivity contribution in [1.29, 1.82) is 0 Å². The number of phenolic OH excluding ortho intramolecular Hbond substituents is 1. The Morgan fingerprint density at radius 1 is 1.33 bits per heavy atom. The van der Waals surface area contributed by atoms with E-state index in [9.17, 15) is 13.5 Å². The van der Waals surface area contributed by atoms with Crippen LogP contribution in [-0.2, 0) is 9.84 Å². The number of aromatic hydroxyl groups is 1. The van der Waals surface area contributed by atoms with Crippen LogP contribution < -0.4 is 5.73 Å². The van der Waals surface area contributed by atoms with E-state index in [1.807, 2.05) is 0 Å². The molecule has 0 bridgehead atoms. The summed E-state index contributed by atoms with van der Waals surface area (Å²) in [4.78, 5) is 0.287. The van der Waals surface area contributed by atoms with Crippen LogP contribution in [0, 0.1) is 0 Å². The van der Waals surface area contributed by atoms with Gasteiger partial charge in [0.05, 0.1) is 4.91 Å². The number of fused-ring (bicyclic) bond motifs is 1. The first-order valence-corrected chi connectivity index (χ1v) is 6.03. The lowest BCUT2D eigenvalue weighted by Crippen LogP contribution is -2.06. The molecule has 0 amide bonds. The van der Waals surface area contributed by atoms with Gasteiger partial charge in [-0.15, -0.1) is 0 Å². The van der Waals surface area contributed by atoms with Crippen molar-refractivity contribution in [3.05, 3.63) is 28.7 Å². The van der Waals surface area contributed by atoms with Crippen molar-refractivity contribution in [2.24, 2.45) is 5.73 Å². The minimum absolute atomic E-state index is 0.00782. The summed E-state index contributed by atoms with van der Waals surface area (Å²) in [6, 6.07) is 4.65. The Hall–Kier alpha value is -1.33. The molecule has 0 atom stereocenters. The van der Waals surface area contributed by atoms with Crippen molar-refractivity contribution in [2.75, 3.05) is 6.54 Å². The zero-order chi connectivity index (χ0) is 11.1. The van der Waals surface area contributed by atoms with E-state index in [2.05, 4.69) is 0 Å². The SMILES string of the molecule is NCCC1=Cc2cccc(O)c2S1(=O)=O. The van der Waals surface area contributed by atoms with E-state index in [0.717, 1.165) is 0 Å². The third-order valence-corrected chi connectivity index (χ3v) is 4.34. The molecule has 1 heterocycles. The Labute approximate surface area is 88.0 Å². The lowest BCUT2D eigenvalue weighted by molar-refractivity contribution is 0.459. The molecule has 0 aromatic heterocycles. The summed E-state index contributed by atoms with van der Waals surface area (Å²) in [6.07, 6.45) is 1.87. The van der Waals surface area contributed by atoms with Crippen LogP contribution in [0.5, 0.6) is 5.75 Å². The second kappa shape index (κ2) is 3.36. The molecule has 5 heteroatoms. The summed E-state index contributed by atoms with van der Waals surface area (Å²) >= 11 is 0. The molecular weight excluding hydrogens is 214 g/mol. The number of hydrogen-bond acceptors (Lipinski definition) is 4. The summed E-state index contributed by atoms with van der Waals surface area (Å²) in [6.45, 7) is 0.278. The van der Waals surface area contributed by atoms with Crippen LogP contribution in [0.15, 0.2) is 28.0 Å². The number of rotatable bonds is 2. The smallest absolute Gasteiger partial charge is 0.207 e. The second-order valence-electron chi connectivity index (χ2n) is 3.35. The molecule has 1 aromatic carbocycles. The van der Waals surface area contributed by atoms with Crippen LogP contribution in [0.2, 0.25) is 0 Å². The topological polar surface area (TPSA) is 80.4 Å². The summed E-state index contributed by atoms with van der Waals surface area (Å²) in [7, 11) is -3.51. The van der Waals surface area contributed by atoms with Gasteiger partial charge in [-0.25, -0.2) is 8.42 Å². The van der Waals surface area contributed by atoms with Crippen molar-refractivity contribution < 1.29 is 13.5 Å². The van der Waals surface area contributed by atoms with Gasteiger partial charge >= 0.3 is 0 Å². The predicted octanol–water partition coefficient (Wildman–Crippen LogP) is 0.869. The van der Waals surface area contributed by atoms with E-state index in [-0.39, 0.29) is 22.1 Å². The minimum atomic E-state index is -3.51. The summed E-state index contributed by atoms with van der Waals surface area (Å²) in [5, 5.41) is 9.51. The van der Waals surface area contributed by atoms with Gasteiger partial charge in [0.25, 0.3) is 0 Å². The van der Waals surface area contributed by atoms with Gasteiger partial charge in [-0.1, -0.05) is 12.1 Å². The van der Waals surface area contributed by atoms with Crippen LogP contribution in [0.1, 0.15) is 12.0 Å². The van der Waals surface area contributed by atoms with Crippen molar-refractivity contribution in [1.82, 2.24) is 0 Å². The van der Waals surface area contributed by atoms with Crippen molar-refractivity contribution in [2.45, 2.75) is 11.3 Å². The van der Waals surface area contributed by atoms with E-state index >= 15 is 0 Å². The second-order valence-corrected chi connectivity index (χ2v) is 5.29. The van der Waals surface area contributed by atoms with Gasteiger partial charge < -0.3 is 10.8 Å². The van der Waals surface area contributed by atoms with Gasteiger partial charge in [-0.05, 0) is 30.7 Å². The molecule has 0 unspecified atom stereocenters. The molecule has 0 spiro atoms. The van der Waals surface area contributed by atoms with E-state index in [1.54, 1.807) is 18.2 Å². The van der Waals surface area contributed by atoms with Crippen molar-refractivity contribution in [3.63, 3.8) is 0 Å². The molecule has 0 saturated carbocycles. The first-order chi connectivity index (χ1) is 7.07. The summed E-state index contributed by atoms with van der Waals surface area (Å²) in [5.41, 5.74) is 5.87. The van der Waals surface area contributed by atoms with Crippen molar-refractivity contribution in [3.8, 4) is 5.75 Å². The first kappa shape index (κ1) is 10.2. The Kier molecular flexibility index (Phi) is 2.28. The Bertz CT molecular complexity index is 532. The van der Waals surface area contributed by atoms with E-state index in [4.69, 9.17) is 5.73 Å². The number of nitrogens with two attached hydrogens (primary N) is 1. The zero-order valence-corrected chi connectivity index (χ0v) is 8.79. The van der Waals surface area contributed by atoms with Crippen LogP contribution in [-0.4, -0.2) is 20.1 Å².